The zero-order chi connectivity index (χ0) is 23.2. The molecule has 2 saturated heterocycles. The number of piperidine rings is 2. The maximum absolute atomic E-state index is 15.6. The summed E-state index contributed by atoms with van der Waals surface area (Å²) in [6, 6.07) is 12.3. The molecule has 2 aromatic rings. The largest absolute Gasteiger partial charge is 0.385 e. The molecule has 1 atom stereocenters. The van der Waals surface area contributed by atoms with E-state index in [-0.39, 0.29) is 42.0 Å². The minimum Gasteiger partial charge on any atom is -0.385 e. The van der Waals surface area contributed by atoms with E-state index < -0.39 is 29.3 Å². The fraction of sp³-hybridized carbons (Fsp3) is 0.400. The van der Waals surface area contributed by atoms with Gasteiger partial charge in [0, 0.05) is 42.7 Å². The van der Waals surface area contributed by atoms with Crippen LogP contribution in [0.5, 0.6) is 0 Å². The van der Waals surface area contributed by atoms with Crippen LogP contribution >= 0.6 is 0 Å². The molecule has 3 heterocycles. The second kappa shape index (κ2) is 8.35. The molecule has 3 aliphatic rings. The van der Waals surface area contributed by atoms with Crippen molar-refractivity contribution in [1.29, 1.82) is 0 Å². The number of aliphatic hydroxyl groups is 1. The SMILES string of the molecule is O=C1CCC(N2Cc3c(ccc(C4(O)CCN(Cc5ccccc5)CC4)c3F)C2=O)C(=O)N1. The number of nitrogens with one attached hydrogen (secondary N) is 1. The number of carbonyl (C=O) groups is 3. The van der Waals surface area contributed by atoms with E-state index in [1.54, 1.807) is 6.07 Å². The van der Waals surface area contributed by atoms with Crippen LogP contribution < -0.4 is 5.32 Å². The number of imide groups is 1. The Morgan fingerprint density at radius 2 is 1.79 bits per heavy atom. The minimum atomic E-state index is -1.31. The zero-order valence-corrected chi connectivity index (χ0v) is 18.2. The highest BCUT2D eigenvalue weighted by Gasteiger charge is 2.43. The summed E-state index contributed by atoms with van der Waals surface area (Å²) in [7, 11) is 0. The van der Waals surface area contributed by atoms with Gasteiger partial charge in [0.05, 0.1) is 12.1 Å². The Bertz CT molecular complexity index is 1110. The molecule has 2 N–H and O–H groups in total. The number of amides is 3. The lowest BCUT2D eigenvalue weighted by Gasteiger charge is -2.39. The highest BCUT2D eigenvalue weighted by Crippen LogP contribution is 2.39. The number of nitrogens with zero attached hydrogens (tertiary/aromatic N) is 2. The van der Waals surface area contributed by atoms with Crippen LogP contribution in [0.2, 0.25) is 0 Å². The highest BCUT2D eigenvalue weighted by molar-refractivity contribution is 6.05. The van der Waals surface area contributed by atoms with Gasteiger partial charge in [0.25, 0.3) is 5.91 Å². The Morgan fingerprint density at radius 3 is 2.48 bits per heavy atom. The van der Waals surface area contributed by atoms with Crippen LogP contribution in [-0.4, -0.2) is 51.8 Å². The first-order chi connectivity index (χ1) is 15.9. The average Bonchev–Trinajstić information content (AvgIpc) is 3.14. The van der Waals surface area contributed by atoms with E-state index in [0.717, 1.165) is 6.54 Å². The fourth-order valence-corrected chi connectivity index (χ4v) is 5.16. The highest BCUT2D eigenvalue weighted by atomic mass is 19.1. The Morgan fingerprint density at radius 1 is 1.06 bits per heavy atom. The molecular formula is C25H26FN3O4. The summed E-state index contributed by atoms with van der Waals surface area (Å²) in [4.78, 5) is 40.1. The van der Waals surface area contributed by atoms with Crippen molar-refractivity contribution >= 4 is 17.7 Å². The number of halogens is 1. The smallest absolute Gasteiger partial charge is 0.255 e. The molecule has 5 rings (SSSR count). The quantitative estimate of drug-likeness (QED) is 0.695. The molecule has 0 aromatic heterocycles. The number of rotatable bonds is 4. The molecule has 1 unspecified atom stereocenters. The van der Waals surface area contributed by atoms with Crippen molar-refractivity contribution in [2.45, 2.75) is 50.4 Å². The lowest BCUT2D eigenvalue weighted by Crippen LogP contribution is -2.52. The molecule has 0 radical (unpaired) electrons. The molecule has 2 aromatic carbocycles. The van der Waals surface area contributed by atoms with Gasteiger partial charge in [0.15, 0.2) is 0 Å². The summed E-state index contributed by atoms with van der Waals surface area (Å²) in [5, 5.41) is 13.6. The van der Waals surface area contributed by atoms with Gasteiger partial charge in [-0.1, -0.05) is 36.4 Å². The molecule has 2 fully saturated rings. The molecule has 8 heteroatoms. The van der Waals surface area contributed by atoms with Gasteiger partial charge < -0.3 is 10.0 Å². The third kappa shape index (κ3) is 3.94. The van der Waals surface area contributed by atoms with Gasteiger partial charge in [-0.25, -0.2) is 4.39 Å². The summed E-state index contributed by atoms with van der Waals surface area (Å²) in [6.45, 7) is 1.99. The topological polar surface area (TPSA) is 90.0 Å². The van der Waals surface area contributed by atoms with Gasteiger partial charge in [-0.15, -0.1) is 0 Å². The summed E-state index contributed by atoms with van der Waals surface area (Å²) in [5.74, 6) is -1.89. The predicted octanol–water partition coefficient (Wildman–Crippen LogP) is 2.07. The molecule has 0 saturated carbocycles. The van der Waals surface area contributed by atoms with Crippen molar-refractivity contribution in [1.82, 2.24) is 15.1 Å². The van der Waals surface area contributed by atoms with Gasteiger partial charge in [0.1, 0.15) is 11.9 Å². The summed E-state index contributed by atoms with van der Waals surface area (Å²) in [6.07, 6.45) is 1.14. The molecule has 0 aliphatic carbocycles. The third-order valence-electron chi connectivity index (χ3n) is 7.08. The van der Waals surface area contributed by atoms with Crippen LogP contribution in [-0.2, 0) is 28.3 Å². The van der Waals surface area contributed by atoms with E-state index >= 15 is 4.39 Å². The second-order valence-corrected chi connectivity index (χ2v) is 9.15. The van der Waals surface area contributed by atoms with E-state index in [4.69, 9.17) is 0 Å². The first kappa shape index (κ1) is 21.7. The average molecular weight is 451 g/mol. The molecule has 3 aliphatic heterocycles. The maximum Gasteiger partial charge on any atom is 0.255 e. The van der Waals surface area contributed by atoms with Crippen LogP contribution in [0.25, 0.3) is 0 Å². The standard InChI is InChI=1S/C25H26FN3O4/c26-22-18-15-29(20-8-9-21(30)27-23(20)31)24(32)17(18)6-7-19(22)25(33)10-12-28(13-11-25)14-16-4-2-1-3-5-16/h1-7,20,33H,8-15H2,(H,27,30,31). The fourth-order valence-electron chi connectivity index (χ4n) is 5.16. The molecule has 0 bridgehead atoms. The van der Waals surface area contributed by atoms with Crippen molar-refractivity contribution in [2.75, 3.05) is 13.1 Å². The van der Waals surface area contributed by atoms with Crippen molar-refractivity contribution in [3.63, 3.8) is 0 Å². The van der Waals surface area contributed by atoms with Gasteiger partial charge in [-0.3, -0.25) is 24.6 Å². The van der Waals surface area contributed by atoms with Gasteiger partial charge in [-0.05, 0) is 30.9 Å². The van der Waals surface area contributed by atoms with E-state index in [1.165, 1.54) is 16.5 Å². The summed E-state index contributed by atoms with van der Waals surface area (Å²) >= 11 is 0. The number of fused-ring (bicyclic) bond motifs is 1. The first-order valence-corrected chi connectivity index (χ1v) is 11.3. The molecular weight excluding hydrogens is 425 g/mol. The maximum atomic E-state index is 15.6. The lowest BCUT2D eigenvalue weighted by atomic mass is 9.82. The third-order valence-corrected chi connectivity index (χ3v) is 7.08. The number of hydrogen-bond acceptors (Lipinski definition) is 5. The summed E-state index contributed by atoms with van der Waals surface area (Å²) < 4.78 is 15.6. The molecule has 33 heavy (non-hydrogen) atoms. The number of benzene rings is 2. The van der Waals surface area contributed by atoms with E-state index in [1.807, 2.05) is 18.2 Å². The second-order valence-electron chi connectivity index (χ2n) is 9.15. The van der Waals surface area contributed by atoms with Crippen LogP contribution in [0.15, 0.2) is 42.5 Å². The molecule has 0 spiro atoms. The van der Waals surface area contributed by atoms with Crippen molar-refractivity contribution in [2.24, 2.45) is 0 Å². The number of likely N-dealkylation sites (tertiary alicyclic amines) is 1. The Labute approximate surface area is 191 Å². The van der Waals surface area contributed by atoms with Crippen LogP contribution in [0, 0.1) is 5.82 Å². The molecule has 7 nitrogen and oxygen atoms in total. The Balaban J connectivity index is 1.32. The van der Waals surface area contributed by atoms with Gasteiger partial charge in [0.2, 0.25) is 11.8 Å². The normalized spacial score (nSPS) is 22.9. The molecule has 3 amide bonds. The first-order valence-electron chi connectivity index (χ1n) is 11.3. The van der Waals surface area contributed by atoms with Crippen LogP contribution in [0.4, 0.5) is 4.39 Å². The number of hydrogen-bond donors (Lipinski definition) is 2. The van der Waals surface area contributed by atoms with Gasteiger partial charge in [-0.2, -0.15) is 0 Å². The van der Waals surface area contributed by atoms with Crippen LogP contribution in [0.1, 0.15) is 52.7 Å². The Hall–Kier alpha value is -3.10. The van der Waals surface area contributed by atoms with Gasteiger partial charge >= 0.3 is 0 Å². The van der Waals surface area contributed by atoms with E-state index in [0.29, 0.717) is 25.9 Å². The van der Waals surface area contributed by atoms with E-state index in [2.05, 4.69) is 22.3 Å². The van der Waals surface area contributed by atoms with Crippen molar-refractivity contribution < 1.29 is 23.9 Å². The summed E-state index contributed by atoms with van der Waals surface area (Å²) in [5.41, 5.74) is 0.517. The van der Waals surface area contributed by atoms with E-state index in [9.17, 15) is 19.5 Å². The van der Waals surface area contributed by atoms with Crippen LogP contribution in [0.3, 0.4) is 0 Å². The zero-order valence-electron chi connectivity index (χ0n) is 18.2. The Kier molecular flexibility index (Phi) is 5.50. The van der Waals surface area contributed by atoms with Crippen molar-refractivity contribution in [3.8, 4) is 0 Å². The number of carbonyl (C=O) groups excluding carboxylic acids is 3. The minimum absolute atomic E-state index is 0.0453. The monoisotopic (exact) mass is 451 g/mol. The predicted molar refractivity (Wildman–Crippen MR) is 117 cm³/mol. The lowest BCUT2D eigenvalue weighted by molar-refractivity contribution is -0.136. The molecule has 172 valence electrons. The van der Waals surface area contributed by atoms with Crippen molar-refractivity contribution in [3.05, 3.63) is 70.5 Å².